The summed E-state index contributed by atoms with van der Waals surface area (Å²) in [6, 6.07) is 8.23. The summed E-state index contributed by atoms with van der Waals surface area (Å²) in [4.78, 5) is 5.69. The normalized spacial score (nSPS) is 12.3. The molecule has 1 atom stereocenters. The summed E-state index contributed by atoms with van der Waals surface area (Å²) >= 11 is 5.21. The van der Waals surface area contributed by atoms with Crippen LogP contribution in [-0.4, -0.2) is 14.8 Å². The SMILES string of the molecule is CC(Nc1ccc(-n2cccn2)nc1)c1cc(Br)cs1. The zero-order chi connectivity index (χ0) is 13.9. The molecular formula is C14H13BrN4S. The van der Waals surface area contributed by atoms with Crippen molar-refractivity contribution in [2.45, 2.75) is 13.0 Å². The van der Waals surface area contributed by atoms with Gasteiger partial charge in [-0.15, -0.1) is 11.3 Å². The Labute approximate surface area is 129 Å². The lowest BCUT2D eigenvalue weighted by atomic mass is 10.2. The Morgan fingerprint density at radius 1 is 1.40 bits per heavy atom. The summed E-state index contributed by atoms with van der Waals surface area (Å²) in [5.74, 6) is 0.812. The van der Waals surface area contributed by atoms with E-state index in [2.05, 4.69) is 49.7 Å². The van der Waals surface area contributed by atoms with E-state index >= 15 is 0 Å². The molecule has 0 aliphatic rings. The third-order valence-electron chi connectivity index (χ3n) is 2.88. The first kappa shape index (κ1) is 13.3. The van der Waals surface area contributed by atoms with Gasteiger partial charge in [-0.05, 0) is 47.1 Å². The lowest BCUT2D eigenvalue weighted by Crippen LogP contribution is -2.06. The molecule has 3 aromatic rings. The zero-order valence-corrected chi connectivity index (χ0v) is 13.2. The molecule has 0 aromatic carbocycles. The maximum atomic E-state index is 4.41. The van der Waals surface area contributed by atoms with Gasteiger partial charge in [-0.3, -0.25) is 0 Å². The second-order valence-corrected chi connectivity index (χ2v) is 6.25. The number of hydrogen-bond acceptors (Lipinski definition) is 4. The number of aromatic nitrogens is 3. The fourth-order valence-corrected chi connectivity index (χ4v) is 3.34. The summed E-state index contributed by atoms with van der Waals surface area (Å²) < 4.78 is 2.86. The van der Waals surface area contributed by atoms with E-state index in [0.717, 1.165) is 16.0 Å². The van der Waals surface area contributed by atoms with E-state index in [0.29, 0.717) is 0 Å². The van der Waals surface area contributed by atoms with Gasteiger partial charge in [0.05, 0.1) is 17.9 Å². The molecule has 0 radical (unpaired) electrons. The van der Waals surface area contributed by atoms with Crippen LogP contribution in [0.2, 0.25) is 0 Å². The summed E-state index contributed by atoms with van der Waals surface area (Å²) in [5.41, 5.74) is 0.998. The van der Waals surface area contributed by atoms with Crippen molar-refractivity contribution >= 4 is 33.0 Å². The monoisotopic (exact) mass is 348 g/mol. The average Bonchev–Trinajstić information content (AvgIpc) is 3.10. The number of halogens is 1. The maximum absolute atomic E-state index is 4.41. The Morgan fingerprint density at radius 2 is 2.30 bits per heavy atom. The summed E-state index contributed by atoms with van der Waals surface area (Å²) in [7, 11) is 0. The standard InChI is InChI=1S/C14H13BrN4S/c1-10(13-7-11(15)9-20-13)18-12-3-4-14(16-8-12)19-6-2-5-17-19/h2-10,18H,1H3. The van der Waals surface area contributed by atoms with Gasteiger partial charge < -0.3 is 5.32 Å². The van der Waals surface area contributed by atoms with Crippen molar-refractivity contribution in [1.29, 1.82) is 0 Å². The highest BCUT2D eigenvalue weighted by atomic mass is 79.9. The third kappa shape index (κ3) is 2.91. The summed E-state index contributed by atoms with van der Waals surface area (Å²) in [6.45, 7) is 2.14. The minimum atomic E-state index is 0.253. The molecule has 4 nitrogen and oxygen atoms in total. The molecule has 102 valence electrons. The van der Waals surface area contributed by atoms with Crippen molar-refractivity contribution in [1.82, 2.24) is 14.8 Å². The number of rotatable bonds is 4. The maximum Gasteiger partial charge on any atom is 0.153 e. The number of nitrogens with zero attached hydrogens (tertiary/aromatic N) is 3. The number of hydrogen-bond donors (Lipinski definition) is 1. The molecular weight excluding hydrogens is 336 g/mol. The molecule has 0 aliphatic carbocycles. The van der Waals surface area contributed by atoms with Crippen LogP contribution < -0.4 is 5.32 Å². The van der Waals surface area contributed by atoms with Crippen molar-refractivity contribution in [3.05, 3.63) is 57.6 Å². The molecule has 0 bridgehead atoms. The minimum absolute atomic E-state index is 0.253. The molecule has 20 heavy (non-hydrogen) atoms. The number of thiophene rings is 1. The largest absolute Gasteiger partial charge is 0.376 e. The minimum Gasteiger partial charge on any atom is -0.376 e. The molecule has 3 rings (SSSR count). The van der Waals surface area contributed by atoms with Crippen LogP contribution in [0.5, 0.6) is 0 Å². The zero-order valence-electron chi connectivity index (χ0n) is 10.8. The van der Waals surface area contributed by atoms with Gasteiger partial charge in [-0.2, -0.15) is 5.10 Å². The molecule has 1 N–H and O–H groups in total. The molecule has 0 saturated heterocycles. The summed E-state index contributed by atoms with van der Waals surface area (Å²) in [5, 5.41) is 9.69. The van der Waals surface area contributed by atoms with Gasteiger partial charge in [-0.25, -0.2) is 9.67 Å². The Kier molecular flexibility index (Phi) is 3.84. The second-order valence-electron chi connectivity index (χ2n) is 4.39. The molecule has 1 unspecified atom stereocenters. The van der Waals surface area contributed by atoms with Crippen LogP contribution in [-0.2, 0) is 0 Å². The van der Waals surface area contributed by atoms with E-state index in [9.17, 15) is 0 Å². The van der Waals surface area contributed by atoms with Crippen LogP contribution in [0.3, 0.4) is 0 Å². The highest BCUT2D eigenvalue weighted by Crippen LogP contribution is 2.27. The van der Waals surface area contributed by atoms with Gasteiger partial charge in [0.15, 0.2) is 5.82 Å². The molecule has 0 saturated carbocycles. The van der Waals surface area contributed by atoms with Crippen LogP contribution in [0.4, 0.5) is 5.69 Å². The Hall–Kier alpha value is -1.66. The molecule has 0 amide bonds. The van der Waals surface area contributed by atoms with E-state index < -0.39 is 0 Å². The Morgan fingerprint density at radius 3 is 2.90 bits per heavy atom. The highest BCUT2D eigenvalue weighted by Gasteiger charge is 2.08. The topological polar surface area (TPSA) is 42.7 Å². The lowest BCUT2D eigenvalue weighted by Gasteiger charge is -2.13. The molecule has 3 aromatic heterocycles. The lowest BCUT2D eigenvalue weighted by molar-refractivity contribution is 0.844. The molecule has 0 fully saturated rings. The number of pyridine rings is 1. The quantitative estimate of drug-likeness (QED) is 0.765. The van der Waals surface area contributed by atoms with Crippen LogP contribution >= 0.6 is 27.3 Å². The van der Waals surface area contributed by atoms with Crippen LogP contribution in [0.1, 0.15) is 17.8 Å². The fraction of sp³-hybridized carbons (Fsp3) is 0.143. The van der Waals surface area contributed by atoms with E-state index in [1.54, 1.807) is 22.2 Å². The molecule has 6 heteroatoms. The fourth-order valence-electron chi connectivity index (χ4n) is 1.89. The van der Waals surface area contributed by atoms with Crippen LogP contribution in [0.15, 0.2) is 52.7 Å². The third-order valence-corrected chi connectivity index (χ3v) is 4.76. The van der Waals surface area contributed by atoms with Crippen molar-refractivity contribution < 1.29 is 0 Å². The first-order chi connectivity index (χ1) is 9.72. The van der Waals surface area contributed by atoms with E-state index in [4.69, 9.17) is 0 Å². The average molecular weight is 349 g/mol. The smallest absolute Gasteiger partial charge is 0.153 e. The van der Waals surface area contributed by atoms with Crippen molar-refractivity contribution in [2.75, 3.05) is 5.32 Å². The first-order valence-corrected chi connectivity index (χ1v) is 7.86. The van der Waals surface area contributed by atoms with Gasteiger partial charge in [0.2, 0.25) is 0 Å². The second kappa shape index (κ2) is 5.76. The van der Waals surface area contributed by atoms with Crippen molar-refractivity contribution in [2.24, 2.45) is 0 Å². The van der Waals surface area contributed by atoms with E-state index in [1.807, 2.05) is 30.6 Å². The molecule has 3 heterocycles. The predicted octanol–water partition coefficient (Wildman–Crippen LogP) is 4.26. The Balaban J connectivity index is 1.72. The van der Waals surface area contributed by atoms with Gasteiger partial charge in [0.25, 0.3) is 0 Å². The van der Waals surface area contributed by atoms with Gasteiger partial charge >= 0.3 is 0 Å². The van der Waals surface area contributed by atoms with Gasteiger partial charge in [0, 0.05) is 27.1 Å². The summed E-state index contributed by atoms with van der Waals surface area (Å²) in [6.07, 6.45) is 5.45. The first-order valence-electron chi connectivity index (χ1n) is 6.19. The highest BCUT2D eigenvalue weighted by molar-refractivity contribution is 9.10. The number of nitrogens with one attached hydrogen (secondary N) is 1. The number of anilines is 1. The van der Waals surface area contributed by atoms with Crippen LogP contribution in [0.25, 0.3) is 5.82 Å². The van der Waals surface area contributed by atoms with Crippen molar-refractivity contribution in [3.8, 4) is 5.82 Å². The predicted molar refractivity (Wildman–Crippen MR) is 85.4 cm³/mol. The molecule has 0 aliphatic heterocycles. The van der Waals surface area contributed by atoms with Crippen LogP contribution in [0, 0.1) is 0 Å². The van der Waals surface area contributed by atoms with E-state index in [1.165, 1.54) is 4.88 Å². The van der Waals surface area contributed by atoms with Crippen molar-refractivity contribution in [3.63, 3.8) is 0 Å². The molecule has 0 spiro atoms. The van der Waals surface area contributed by atoms with E-state index in [-0.39, 0.29) is 6.04 Å². The van der Waals surface area contributed by atoms with Gasteiger partial charge in [-0.1, -0.05) is 0 Å². The Bertz CT molecular complexity index is 676. The van der Waals surface area contributed by atoms with Gasteiger partial charge in [0.1, 0.15) is 0 Å².